The lowest BCUT2D eigenvalue weighted by atomic mass is 10.1. The summed E-state index contributed by atoms with van der Waals surface area (Å²) in [5, 5.41) is 1.19. The van der Waals surface area contributed by atoms with Crippen molar-refractivity contribution in [3.8, 4) is 17.0 Å². The van der Waals surface area contributed by atoms with Crippen LogP contribution in [0.5, 0.6) is 5.75 Å². The van der Waals surface area contributed by atoms with E-state index in [2.05, 4.69) is 4.98 Å². The van der Waals surface area contributed by atoms with Crippen molar-refractivity contribution in [2.24, 2.45) is 0 Å². The first-order valence-corrected chi connectivity index (χ1v) is 6.17. The van der Waals surface area contributed by atoms with E-state index in [1.165, 1.54) is 6.07 Å². The monoisotopic (exact) mass is 275 g/mol. The Morgan fingerprint density at radius 1 is 1.11 bits per heavy atom. The van der Waals surface area contributed by atoms with E-state index < -0.39 is 5.82 Å². The van der Waals surface area contributed by atoms with Crippen LogP contribution in [0.2, 0.25) is 5.02 Å². The van der Waals surface area contributed by atoms with Gasteiger partial charge in [-0.2, -0.15) is 0 Å². The van der Waals surface area contributed by atoms with Gasteiger partial charge in [0.25, 0.3) is 0 Å². The Kier molecular flexibility index (Phi) is 2.91. The lowest BCUT2D eigenvalue weighted by Gasteiger charge is -1.99. The van der Waals surface area contributed by atoms with Crippen LogP contribution in [-0.2, 0) is 0 Å². The van der Waals surface area contributed by atoms with Gasteiger partial charge in [-0.25, -0.2) is 4.39 Å². The second-order valence-corrected chi connectivity index (χ2v) is 4.67. The molecule has 0 aliphatic heterocycles. The molecule has 2 aromatic carbocycles. The van der Waals surface area contributed by atoms with E-state index in [0.717, 1.165) is 27.9 Å². The summed E-state index contributed by atoms with van der Waals surface area (Å²) >= 11 is 5.80. The third kappa shape index (κ3) is 2.17. The highest BCUT2D eigenvalue weighted by Gasteiger charge is 2.07. The van der Waals surface area contributed by atoms with Crippen LogP contribution in [0, 0.1) is 5.82 Å². The minimum atomic E-state index is -0.414. The quantitative estimate of drug-likeness (QED) is 0.724. The fourth-order valence-electron chi connectivity index (χ4n) is 2.05. The highest BCUT2D eigenvalue weighted by molar-refractivity contribution is 6.31. The molecule has 1 N–H and O–H groups in total. The van der Waals surface area contributed by atoms with Gasteiger partial charge in [-0.05, 0) is 42.0 Å². The van der Waals surface area contributed by atoms with E-state index in [1.54, 1.807) is 19.2 Å². The van der Waals surface area contributed by atoms with Crippen LogP contribution in [0.25, 0.3) is 22.2 Å². The second-order valence-electron chi connectivity index (χ2n) is 4.27. The summed E-state index contributed by atoms with van der Waals surface area (Å²) in [7, 11) is 1.63. The molecule has 0 aliphatic rings. The Morgan fingerprint density at radius 3 is 2.68 bits per heavy atom. The van der Waals surface area contributed by atoms with Crippen molar-refractivity contribution in [3.63, 3.8) is 0 Å². The smallest absolute Gasteiger partial charge is 0.141 e. The van der Waals surface area contributed by atoms with Crippen molar-refractivity contribution in [3.05, 3.63) is 53.3 Å². The Labute approximate surface area is 114 Å². The van der Waals surface area contributed by atoms with E-state index >= 15 is 0 Å². The highest BCUT2D eigenvalue weighted by Crippen LogP contribution is 2.29. The number of hydrogen-bond donors (Lipinski definition) is 1. The van der Waals surface area contributed by atoms with E-state index in [1.807, 2.05) is 24.3 Å². The van der Waals surface area contributed by atoms with Gasteiger partial charge in [0.1, 0.15) is 11.6 Å². The molecule has 1 heterocycles. The molecule has 0 saturated carbocycles. The van der Waals surface area contributed by atoms with Gasteiger partial charge < -0.3 is 9.72 Å². The predicted octanol–water partition coefficient (Wildman–Crippen LogP) is 4.64. The number of fused-ring (bicyclic) bond motifs is 1. The molecule has 0 bridgehead atoms. The Morgan fingerprint density at radius 2 is 1.95 bits per heavy atom. The fourth-order valence-corrected chi connectivity index (χ4v) is 2.23. The van der Waals surface area contributed by atoms with Gasteiger partial charge in [0, 0.05) is 22.7 Å². The lowest BCUT2D eigenvalue weighted by molar-refractivity contribution is 0.415. The minimum absolute atomic E-state index is 0.119. The molecule has 2 nitrogen and oxygen atoms in total. The van der Waals surface area contributed by atoms with Crippen molar-refractivity contribution in [2.45, 2.75) is 0 Å². The van der Waals surface area contributed by atoms with E-state index in [9.17, 15) is 4.39 Å². The van der Waals surface area contributed by atoms with Crippen LogP contribution < -0.4 is 4.74 Å². The largest absolute Gasteiger partial charge is 0.497 e. The first-order valence-electron chi connectivity index (χ1n) is 5.79. The van der Waals surface area contributed by atoms with Gasteiger partial charge in [0.2, 0.25) is 0 Å². The summed E-state index contributed by atoms with van der Waals surface area (Å²) in [5.74, 6) is 0.376. The Bertz CT molecular complexity index is 751. The Hall–Kier alpha value is -2.00. The van der Waals surface area contributed by atoms with E-state index in [0.29, 0.717) is 0 Å². The molecule has 0 atom stereocenters. The summed E-state index contributed by atoms with van der Waals surface area (Å²) in [6.07, 6.45) is 0. The number of halogens is 2. The number of methoxy groups -OCH3 is 1. The van der Waals surface area contributed by atoms with Crippen LogP contribution in [0.1, 0.15) is 0 Å². The van der Waals surface area contributed by atoms with Crippen LogP contribution in [0.4, 0.5) is 4.39 Å². The molecule has 3 rings (SSSR count). The molecule has 3 aromatic rings. The predicted molar refractivity (Wildman–Crippen MR) is 75.3 cm³/mol. The van der Waals surface area contributed by atoms with E-state index in [4.69, 9.17) is 16.3 Å². The standard InChI is InChI=1S/C15H11ClFNO/c1-19-11-4-2-10-7-14(18-15(10)8-11)9-3-5-13(17)12(16)6-9/h2-8,18H,1H3. The maximum absolute atomic E-state index is 13.2. The number of rotatable bonds is 2. The summed E-state index contributed by atoms with van der Waals surface area (Å²) in [6, 6.07) is 12.5. The van der Waals surface area contributed by atoms with Gasteiger partial charge in [-0.1, -0.05) is 11.6 Å². The number of H-pyrrole nitrogens is 1. The zero-order chi connectivity index (χ0) is 13.4. The molecule has 0 amide bonds. The molecule has 1 aromatic heterocycles. The maximum Gasteiger partial charge on any atom is 0.141 e. The minimum Gasteiger partial charge on any atom is -0.497 e. The normalized spacial score (nSPS) is 10.9. The van der Waals surface area contributed by atoms with Gasteiger partial charge >= 0.3 is 0 Å². The summed E-state index contributed by atoms with van der Waals surface area (Å²) in [6.45, 7) is 0. The first kappa shape index (κ1) is 12.1. The molecule has 0 unspecified atom stereocenters. The van der Waals surface area contributed by atoms with Crippen LogP contribution in [0.15, 0.2) is 42.5 Å². The summed E-state index contributed by atoms with van der Waals surface area (Å²) in [4.78, 5) is 3.27. The second kappa shape index (κ2) is 4.59. The van der Waals surface area contributed by atoms with Crippen LogP contribution in [0.3, 0.4) is 0 Å². The molecular formula is C15H11ClFNO. The molecule has 0 fully saturated rings. The molecule has 0 spiro atoms. The highest BCUT2D eigenvalue weighted by atomic mass is 35.5. The number of benzene rings is 2. The number of hydrogen-bond acceptors (Lipinski definition) is 1. The average Bonchev–Trinajstić information content (AvgIpc) is 2.84. The zero-order valence-electron chi connectivity index (χ0n) is 10.2. The summed E-state index contributed by atoms with van der Waals surface area (Å²) < 4.78 is 18.3. The maximum atomic E-state index is 13.2. The number of aromatic nitrogens is 1. The van der Waals surface area contributed by atoms with Gasteiger partial charge in [0.05, 0.1) is 12.1 Å². The van der Waals surface area contributed by atoms with Crippen molar-refractivity contribution in [1.82, 2.24) is 4.98 Å². The number of ether oxygens (including phenoxy) is 1. The molecule has 19 heavy (non-hydrogen) atoms. The third-order valence-electron chi connectivity index (χ3n) is 3.06. The average molecular weight is 276 g/mol. The number of nitrogens with one attached hydrogen (secondary N) is 1. The third-order valence-corrected chi connectivity index (χ3v) is 3.35. The van der Waals surface area contributed by atoms with Crippen molar-refractivity contribution in [2.75, 3.05) is 7.11 Å². The van der Waals surface area contributed by atoms with Crippen molar-refractivity contribution < 1.29 is 9.13 Å². The van der Waals surface area contributed by atoms with Crippen molar-refractivity contribution >= 4 is 22.5 Å². The molecule has 0 saturated heterocycles. The molecule has 4 heteroatoms. The zero-order valence-corrected chi connectivity index (χ0v) is 11.0. The van der Waals surface area contributed by atoms with Gasteiger partial charge in [-0.15, -0.1) is 0 Å². The first-order chi connectivity index (χ1) is 9.17. The van der Waals surface area contributed by atoms with Crippen LogP contribution >= 0.6 is 11.6 Å². The van der Waals surface area contributed by atoms with Gasteiger partial charge in [0.15, 0.2) is 0 Å². The molecular weight excluding hydrogens is 265 g/mol. The lowest BCUT2D eigenvalue weighted by Crippen LogP contribution is -1.82. The molecule has 0 aliphatic carbocycles. The van der Waals surface area contributed by atoms with E-state index in [-0.39, 0.29) is 5.02 Å². The molecule has 0 radical (unpaired) electrons. The Balaban J connectivity index is 2.11. The van der Waals surface area contributed by atoms with Crippen LogP contribution in [-0.4, -0.2) is 12.1 Å². The SMILES string of the molecule is COc1ccc2cc(-c3ccc(F)c(Cl)c3)[nH]c2c1. The summed E-state index contributed by atoms with van der Waals surface area (Å²) in [5.41, 5.74) is 2.71. The number of aromatic amines is 1. The topological polar surface area (TPSA) is 25.0 Å². The molecule has 96 valence electrons. The van der Waals surface area contributed by atoms with Gasteiger partial charge in [-0.3, -0.25) is 0 Å². The fraction of sp³-hybridized carbons (Fsp3) is 0.0667. The van der Waals surface area contributed by atoms with Crippen molar-refractivity contribution in [1.29, 1.82) is 0 Å².